The highest BCUT2D eigenvalue weighted by Gasteiger charge is 2.16. The molecule has 8 heteroatoms. The molecule has 0 bridgehead atoms. The fourth-order valence-electron chi connectivity index (χ4n) is 2.05. The number of hydrogen-bond donors (Lipinski definition) is 4. The molecule has 0 radical (unpaired) electrons. The number of benzene rings is 2. The molecule has 0 aliphatic carbocycles. The Balaban J connectivity index is 0.000000280. The van der Waals surface area contributed by atoms with Gasteiger partial charge in [0.25, 0.3) is 0 Å². The standard InChI is InChI=1S/C10H12O4.C10H10O4/c2*1-14-9(10(12)13)6-7-2-4-8(11)5-3-7/h2-5,9,11H,6H2,1H3,(H,12,13);2-6,11H,1H3,(H,12,13)/b;9-6-. The van der Waals surface area contributed by atoms with Crippen LogP contribution in [0.15, 0.2) is 54.3 Å². The van der Waals surface area contributed by atoms with E-state index in [1.807, 2.05) is 0 Å². The molecule has 150 valence electrons. The van der Waals surface area contributed by atoms with Crippen molar-refractivity contribution >= 4 is 18.0 Å². The van der Waals surface area contributed by atoms with Gasteiger partial charge in [0, 0.05) is 13.5 Å². The van der Waals surface area contributed by atoms with Crippen LogP contribution in [0.5, 0.6) is 11.5 Å². The number of phenolic OH excluding ortho intramolecular Hbond substituents is 2. The number of aliphatic carboxylic acids is 2. The summed E-state index contributed by atoms with van der Waals surface area (Å²) >= 11 is 0. The van der Waals surface area contributed by atoms with Crippen LogP contribution in [0.3, 0.4) is 0 Å². The molecule has 0 aliphatic heterocycles. The van der Waals surface area contributed by atoms with Gasteiger partial charge < -0.3 is 29.9 Å². The van der Waals surface area contributed by atoms with Crippen molar-refractivity contribution in [1.29, 1.82) is 0 Å². The van der Waals surface area contributed by atoms with E-state index in [1.54, 1.807) is 24.3 Å². The first-order valence-corrected chi connectivity index (χ1v) is 8.08. The van der Waals surface area contributed by atoms with E-state index < -0.39 is 18.0 Å². The summed E-state index contributed by atoms with van der Waals surface area (Å²) in [7, 11) is 2.65. The van der Waals surface area contributed by atoms with Crippen LogP contribution in [0.1, 0.15) is 11.1 Å². The maximum absolute atomic E-state index is 10.6. The molecule has 2 aromatic carbocycles. The number of carbonyl (C=O) groups is 2. The third kappa shape index (κ3) is 7.79. The predicted octanol–water partition coefficient (Wildman–Crippen LogP) is 2.50. The van der Waals surface area contributed by atoms with Crippen LogP contribution in [0.4, 0.5) is 0 Å². The number of carboxylic acids is 2. The smallest absolute Gasteiger partial charge is 0.371 e. The monoisotopic (exact) mass is 390 g/mol. The Bertz CT molecular complexity index is 794. The fraction of sp³-hybridized carbons (Fsp3) is 0.200. The molecule has 0 fully saturated rings. The van der Waals surface area contributed by atoms with Crippen LogP contribution in [-0.2, 0) is 25.5 Å². The van der Waals surface area contributed by atoms with Gasteiger partial charge in [0.15, 0.2) is 6.10 Å². The Hall–Kier alpha value is -3.52. The maximum Gasteiger partial charge on any atom is 0.371 e. The number of phenols is 2. The van der Waals surface area contributed by atoms with E-state index in [2.05, 4.69) is 4.74 Å². The molecular formula is C20H22O8. The van der Waals surface area contributed by atoms with Gasteiger partial charge in [-0.2, -0.15) is 0 Å². The summed E-state index contributed by atoms with van der Waals surface area (Å²) in [4.78, 5) is 21.2. The van der Waals surface area contributed by atoms with Crippen LogP contribution >= 0.6 is 0 Å². The molecule has 0 saturated carbocycles. The van der Waals surface area contributed by atoms with Crippen molar-refractivity contribution < 1.29 is 39.5 Å². The van der Waals surface area contributed by atoms with E-state index in [9.17, 15) is 9.59 Å². The van der Waals surface area contributed by atoms with E-state index in [0.29, 0.717) is 12.0 Å². The van der Waals surface area contributed by atoms with Gasteiger partial charge in [-0.15, -0.1) is 0 Å². The summed E-state index contributed by atoms with van der Waals surface area (Å²) < 4.78 is 9.43. The van der Waals surface area contributed by atoms with E-state index in [0.717, 1.165) is 5.56 Å². The molecule has 2 rings (SSSR count). The average molecular weight is 390 g/mol. The number of ether oxygens (including phenoxy) is 2. The summed E-state index contributed by atoms with van der Waals surface area (Å²) in [5, 5.41) is 35.4. The summed E-state index contributed by atoms with van der Waals surface area (Å²) in [6, 6.07) is 12.5. The van der Waals surface area contributed by atoms with E-state index in [-0.39, 0.29) is 17.3 Å². The van der Waals surface area contributed by atoms with Crippen LogP contribution in [-0.4, -0.2) is 52.7 Å². The van der Waals surface area contributed by atoms with Crippen molar-refractivity contribution in [1.82, 2.24) is 0 Å². The predicted molar refractivity (Wildman–Crippen MR) is 101 cm³/mol. The second-order valence-electron chi connectivity index (χ2n) is 5.54. The molecule has 1 atom stereocenters. The van der Waals surface area contributed by atoms with Crippen molar-refractivity contribution in [2.75, 3.05) is 14.2 Å². The lowest BCUT2D eigenvalue weighted by atomic mass is 10.1. The normalized spacial score (nSPS) is 11.7. The van der Waals surface area contributed by atoms with Gasteiger partial charge in [0.2, 0.25) is 5.76 Å². The summed E-state index contributed by atoms with van der Waals surface area (Å²) in [5.41, 5.74) is 1.47. The molecule has 0 amide bonds. The molecule has 2 aromatic rings. The minimum absolute atomic E-state index is 0.136. The summed E-state index contributed by atoms with van der Waals surface area (Å²) in [6.07, 6.45) is 0.841. The molecule has 28 heavy (non-hydrogen) atoms. The maximum atomic E-state index is 10.6. The Kier molecular flexibility index (Phi) is 9.05. The number of hydrogen-bond acceptors (Lipinski definition) is 6. The fourth-order valence-corrected chi connectivity index (χ4v) is 2.05. The molecule has 0 spiro atoms. The van der Waals surface area contributed by atoms with Crippen LogP contribution in [0, 0.1) is 0 Å². The molecule has 0 aliphatic rings. The molecule has 0 saturated heterocycles. The lowest BCUT2D eigenvalue weighted by Crippen LogP contribution is -2.24. The highest BCUT2D eigenvalue weighted by Crippen LogP contribution is 2.13. The van der Waals surface area contributed by atoms with Gasteiger partial charge in [-0.25, -0.2) is 9.59 Å². The lowest BCUT2D eigenvalue weighted by Gasteiger charge is -2.09. The number of carboxylic acid groups (broad SMARTS) is 2. The van der Waals surface area contributed by atoms with Crippen LogP contribution < -0.4 is 0 Å². The van der Waals surface area contributed by atoms with Crippen molar-refractivity contribution in [3.05, 3.63) is 65.4 Å². The van der Waals surface area contributed by atoms with Crippen LogP contribution in [0.25, 0.3) is 6.08 Å². The third-order valence-corrected chi connectivity index (χ3v) is 3.54. The topological polar surface area (TPSA) is 134 Å². The van der Waals surface area contributed by atoms with Gasteiger partial charge in [-0.1, -0.05) is 24.3 Å². The molecule has 0 aromatic heterocycles. The molecule has 8 nitrogen and oxygen atoms in total. The second kappa shape index (κ2) is 11.2. The SMILES string of the molecule is CO/C(=C\c1ccc(O)cc1)C(=O)O.COC(Cc1ccc(O)cc1)C(=O)O. The Morgan fingerprint density at radius 3 is 1.82 bits per heavy atom. The lowest BCUT2D eigenvalue weighted by molar-refractivity contribution is -0.148. The van der Waals surface area contributed by atoms with Gasteiger partial charge >= 0.3 is 11.9 Å². The second-order valence-corrected chi connectivity index (χ2v) is 5.54. The summed E-state index contributed by atoms with van der Waals surface area (Å²) in [5.74, 6) is -1.95. The van der Waals surface area contributed by atoms with Gasteiger partial charge in [-0.05, 0) is 41.5 Å². The zero-order valence-corrected chi connectivity index (χ0v) is 15.4. The Labute approximate surface area is 161 Å². The molecule has 0 heterocycles. The van der Waals surface area contributed by atoms with Gasteiger partial charge in [0.1, 0.15) is 11.5 Å². The average Bonchev–Trinajstić information content (AvgIpc) is 2.67. The van der Waals surface area contributed by atoms with Gasteiger partial charge in [-0.3, -0.25) is 0 Å². The molecule has 4 N–H and O–H groups in total. The van der Waals surface area contributed by atoms with E-state index in [1.165, 1.54) is 44.6 Å². The Morgan fingerprint density at radius 1 is 0.929 bits per heavy atom. The number of methoxy groups -OCH3 is 2. The van der Waals surface area contributed by atoms with Crippen molar-refractivity contribution in [3.8, 4) is 11.5 Å². The minimum Gasteiger partial charge on any atom is -0.508 e. The zero-order valence-electron chi connectivity index (χ0n) is 15.4. The number of aromatic hydroxyl groups is 2. The van der Waals surface area contributed by atoms with E-state index in [4.69, 9.17) is 25.2 Å². The van der Waals surface area contributed by atoms with Crippen molar-refractivity contribution in [2.24, 2.45) is 0 Å². The third-order valence-electron chi connectivity index (χ3n) is 3.54. The first-order chi connectivity index (χ1) is 13.3. The zero-order chi connectivity index (χ0) is 21.1. The highest BCUT2D eigenvalue weighted by molar-refractivity contribution is 5.89. The van der Waals surface area contributed by atoms with Crippen LogP contribution in [0.2, 0.25) is 0 Å². The highest BCUT2D eigenvalue weighted by atomic mass is 16.5. The largest absolute Gasteiger partial charge is 0.508 e. The number of rotatable bonds is 7. The van der Waals surface area contributed by atoms with E-state index >= 15 is 0 Å². The minimum atomic E-state index is -1.12. The Morgan fingerprint density at radius 2 is 1.43 bits per heavy atom. The quantitative estimate of drug-likeness (QED) is 0.419. The van der Waals surface area contributed by atoms with Crippen molar-refractivity contribution in [3.63, 3.8) is 0 Å². The molecule has 1 unspecified atom stereocenters. The summed E-state index contributed by atoms with van der Waals surface area (Å²) in [6.45, 7) is 0. The first kappa shape index (κ1) is 22.5. The molecular weight excluding hydrogens is 368 g/mol. The van der Waals surface area contributed by atoms with Crippen molar-refractivity contribution in [2.45, 2.75) is 12.5 Å². The van der Waals surface area contributed by atoms with Gasteiger partial charge in [0.05, 0.1) is 7.11 Å². The first-order valence-electron chi connectivity index (χ1n) is 8.08.